The van der Waals surface area contributed by atoms with Gasteiger partial charge in [0, 0.05) is 29.3 Å². The number of aryl methyl sites for hydroxylation is 1. The van der Waals surface area contributed by atoms with Gasteiger partial charge in [0.15, 0.2) is 5.58 Å². The van der Waals surface area contributed by atoms with Gasteiger partial charge < -0.3 is 9.32 Å². The van der Waals surface area contributed by atoms with Crippen LogP contribution in [0.5, 0.6) is 0 Å². The number of benzene rings is 1. The fourth-order valence-electron chi connectivity index (χ4n) is 4.10. The average molecular weight is 425 g/mol. The van der Waals surface area contributed by atoms with Crippen LogP contribution >= 0.6 is 22.7 Å². The van der Waals surface area contributed by atoms with Crippen LogP contribution in [0.15, 0.2) is 62.4 Å². The number of carbonyl (C=O) groups is 1. The molecule has 0 N–H and O–H groups in total. The van der Waals surface area contributed by atoms with Crippen LogP contribution in [0.1, 0.15) is 34.2 Å². The summed E-state index contributed by atoms with van der Waals surface area (Å²) in [6, 6.07) is 13.7. The number of rotatable bonds is 5. The number of aromatic nitrogens is 1. The maximum Gasteiger partial charge on any atom is 0.419 e. The number of fused-ring (bicyclic) bond motifs is 2. The van der Waals surface area contributed by atoms with Gasteiger partial charge in [0.25, 0.3) is 0 Å². The lowest BCUT2D eigenvalue weighted by Crippen LogP contribution is -2.39. The Bertz CT molecular complexity index is 1200. The van der Waals surface area contributed by atoms with Crippen molar-refractivity contribution in [2.75, 3.05) is 6.54 Å². The maximum absolute atomic E-state index is 13.1. The highest BCUT2D eigenvalue weighted by atomic mass is 32.1. The molecule has 5 rings (SSSR count). The smallest absolute Gasteiger partial charge is 0.408 e. The zero-order valence-corrected chi connectivity index (χ0v) is 17.4. The molecule has 0 saturated heterocycles. The summed E-state index contributed by atoms with van der Waals surface area (Å²) in [6.45, 7) is 1.21. The lowest BCUT2D eigenvalue weighted by atomic mass is 9.98. The first-order chi connectivity index (χ1) is 14.2. The lowest BCUT2D eigenvalue weighted by molar-refractivity contribution is -0.133. The van der Waals surface area contributed by atoms with Crippen molar-refractivity contribution in [2.24, 2.45) is 0 Å². The molecule has 0 spiro atoms. The average Bonchev–Trinajstić information content (AvgIpc) is 3.47. The van der Waals surface area contributed by atoms with Crippen molar-refractivity contribution in [3.05, 3.63) is 79.1 Å². The number of thiophene rings is 2. The molecule has 1 aromatic carbocycles. The topological polar surface area (TPSA) is 55.5 Å². The van der Waals surface area contributed by atoms with Gasteiger partial charge in [-0.2, -0.15) is 0 Å². The van der Waals surface area contributed by atoms with Gasteiger partial charge in [0.05, 0.1) is 11.6 Å². The molecule has 0 saturated carbocycles. The maximum atomic E-state index is 13.1. The molecule has 1 aliphatic rings. The largest absolute Gasteiger partial charge is 0.419 e. The zero-order chi connectivity index (χ0) is 19.8. The van der Waals surface area contributed by atoms with E-state index in [-0.39, 0.29) is 17.7 Å². The standard InChI is InChI=1S/C22H20N2O3S2/c25-20(8-3-11-23-16-5-1-2-6-17(16)27-22(23)26)24-12-9-18-15(10-14-29-18)21(24)19-7-4-13-28-19/h1-2,4-7,10,13-14,21H,3,8-9,11-12H2/t21-/m0/s1. The number of carbonyl (C=O) groups excluding carboxylic acids is 1. The van der Waals surface area contributed by atoms with Gasteiger partial charge in [-0.1, -0.05) is 18.2 Å². The van der Waals surface area contributed by atoms with Crippen molar-refractivity contribution >= 4 is 39.7 Å². The quantitative estimate of drug-likeness (QED) is 0.468. The van der Waals surface area contributed by atoms with E-state index in [0.717, 1.165) is 18.5 Å². The Morgan fingerprint density at radius 3 is 2.86 bits per heavy atom. The van der Waals surface area contributed by atoms with E-state index in [0.29, 0.717) is 25.0 Å². The summed E-state index contributed by atoms with van der Waals surface area (Å²) in [4.78, 5) is 29.9. The van der Waals surface area contributed by atoms with Gasteiger partial charge in [-0.3, -0.25) is 9.36 Å². The van der Waals surface area contributed by atoms with Crippen LogP contribution in [0.3, 0.4) is 0 Å². The molecule has 5 nitrogen and oxygen atoms in total. The van der Waals surface area contributed by atoms with Crippen LogP contribution in [-0.4, -0.2) is 21.9 Å². The van der Waals surface area contributed by atoms with Gasteiger partial charge >= 0.3 is 5.76 Å². The first-order valence-electron chi connectivity index (χ1n) is 9.70. The van der Waals surface area contributed by atoms with Crippen molar-refractivity contribution < 1.29 is 9.21 Å². The molecule has 0 radical (unpaired) electrons. The van der Waals surface area contributed by atoms with Gasteiger partial charge in [-0.05, 0) is 53.4 Å². The second-order valence-corrected chi connectivity index (χ2v) is 9.13. The fourth-order valence-corrected chi connectivity index (χ4v) is 5.85. The summed E-state index contributed by atoms with van der Waals surface area (Å²) in [6.07, 6.45) is 1.92. The minimum atomic E-state index is -0.365. The van der Waals surface area contributed by atoms with E-state index < -0.39 is 0 Å². The Kier molecular flexibility index (Phi) is 4.85. The van der Waals surface area contributed by atoms with Gasteiger partial charge in [-0.25, -0.2) is 4.79 Å². The van der Waals surface area contributed by atoms with Crippen LogP contribution in [0.2, 0.25) is 0 Å². The highest BCUT2D eigenvalue weighted by Crippen LogP contribution is 2.39. The normalized spacial score (nSPS) is 16.3. The zero-order valence-electron chi connectivity index (χ0n) is 15.7. The number of amides is 1. The second-order valence-electron chi connectivity index (χ2n) is 7.15. The number of hydrogen-bond donors (Lipinski definition) is 0. The molecular formula is C22H20N2O3S2. The number of para-hydroxylation sites is 2. The van der Waals surface area contributed by atoms with Crippen LogP contribution in [0.25, 0.3) is 11.1 Å². The molecule has 148 valence electrons. The third-order valence-corrected chi connectivity index (χ3v) is 7.37. The van der Waals surface area contributed by atoms with Gasteiger partial charge in [0.2, 0.25) is 5.91 Å². The molecular weight excluding hydrogens is 404 g/mol. The monoisotopic (exact) mass is 424 g/mol. The first-order valence-corrected chi connectivity index (χ1v) is 11.5. The molecule has 4 aromatic rings. The number of nitrogens with zero attached hydrogens (tertiary/aromatic N) is 2. The number of hydrogen-bond acceptors (Lipinski definition) is 5. The predicted molar refractivity (Wildman–Crippen MR) is 116 cm³/mol. The van der Waals surface area contributed by atoms with Crippen LogP contribution in [-0.2, 0) is 17.8 Å². The molecule has 0 bridgehead atoms. The number of oxazole rings is 1. The summed E-state index contributed by atoms with van der Waals surface area (Å²) >= 11 is 3.47. The Morgan fingerprint density at radius 1 is 1.10 bits per heavy atom. The molecule has 1 atom stereocenters. The summed E-state index contributed by atoms with van der Waals surface area (Å²) in [5, 5.41) is 4.19. The lowest BCUT2D eigenvalue weighted by Gasteiger charge is -2.35. The summed E-state index contributed by atoms with van der Waals surface area (Å²) in [7, 11) is 0. The van der Waals surface area contributed by atoms with Crippen LogP contribution in [0.4, 0.5) is 0 Å². The van der Waals surface area contributed by atoms with Gasteiger partial charge in [0.1, 0.15) is 0 Å². The van der Waals surface area contributed by atoms with E-state index in [2.05, 4.69) is 22.9 Å². The minimum Gasteiger partial charge on any atom is -0.408 e. The molecule has 0 aliphatic carbocycles. The van der Waals surface area contributed by atoms with Crippen LogP contribution < -0.4 is 5.76 Å². The van der Waals surface area contributed by atoms with Crippen molar-refractivity contribution in [3.8, 4) is 0 Å². The van der Waals surface area contributed by atoms with E-state index in [1.807, 2.05) is 29.2 Å². The van der Waals surface area contributed by atoms with E-state index >= 15 is 0 Å². The van der Waals surface area contributed by atoms with Crippen molar-refractivity contribution in [3.63, 3.8) is 0 Å². The van der Waals surface area contributed by atoms with Crippen molar-refractivity contribution in [2.45, 2.75) is 31.8 Å². The first kappa shape index (κ1) is 18.4. The van der Waals surface area contributed by atoms with E-state index in [4.69, 9.17) is 4.42 Å². The fraction of sp³-hybridized carbons (Fsp3) is 0.273. The SMILES string of the molecule is O=C(CCCn1c(=O)oc2ccccc21)N1CCc2sccc2[C@H]1c1cccs1. The molecule has 3 aromatic heterocycles. The molecule has 0 fully saturated rings. The Balaban J connectivity index is 1.32. The summed E-state index contributed by atoms with van der Waals surface area (Å²) in [5.74, 6) is -0.225. The van der Waals surface area contributed by atoms with E-state index in [9.17, 15) is 9.59 Å². The third-order valence-electron chi connectivity index (χ3n) is 5.45. The molecule has 4 heterocycles. The Labute approximate surface area is 175 Å². The molecule has 29 heavy (non-hydrogen) atoms. The molecule has 7 heteroatoms. The molecule has 0 unspecified atom stereocenters. The molecule has 1 aliphatic heterocycles. The Hall–Kier alpha value is -2.64. The summed E-state index contributed by atoms with van der Waals surface area (Å²) in [5.41, 5.74) is 2.62. The second kappa shape index (κ2) is 7.65. The minimum absolute atomic E-state index is 0.00924. The van der Waals surface area contributed by atoms with E-state index in [1.54, 1.807) is 33.3 Å². The summed E-state index contributed by atoms with van der Waals surface area (Å²) < 4.78 is 6.90. The highest BCUT2D eigenvalue weighted by molar-refractivity contribution is 7.10. The van der Waals surface area contributed by atoms with E-state index in [1.165, 1.54) is 15.3 Å². The van der Waals surface area contributed by atoms with Gasteiger partial charge in [-0.15, -0.1) is 22.7 Å². The molecule has 1 amide bonds. The predicted octanol–water partition coefficient (Wildman–Crippen LogP) is 4.67. The van der Waals surface area contributed by atoms with Crippen LogP contribution in [0, 0.1) is 0 Å². The van der Waals surface area contributed by atoms with Crippen molar-refractivity contribution in [1.82, 2.24) is 9.47 Å². The van der Waals surface area contributed by atoms with Crippen molar-refractivity contribution in [1.29, 1.82) is 0 Å². The Morgan fingerprint density at radius 2 is 2.00 bits per heavy atom. The highest BCUT2D eigenvalue weighted by Gasteiger charge is 2.33. The third kappa shape index (κ3) is 3.34.